The first-order chi connectivity index (χ1) is 12.3. The summed E-state index contributed by atoms with van der Waals surface area (Å²) < 4.78 is 37.9. The molecule has 2 heterocycles. The molecule has 0 unspecified atom stereocenters. The zero-order valence-electron chi connectivity index (χ0n) is 14.1. The van der Waals surface area contributed by atoms with Crippen LogP contribution < -0.4 is 10.2 Å². The standard InChI is InChI=1S/C17H18F3N5O/c1-12-21-15(23-14-4-2-13(3-5-14)17(18,19)20)10-16(22-12)25-8-6-24(11-26)7-9-25/h2-5,10-11H,6-9H2,1H3,(H,21,22,23). The number of aromatic nitrogens is 2. The number of halogens is 3. The Morgan fingerprint density at radius 1 is 1.08 bits per heavy atom. The highest BCUT2D eigenvalue weighted by Crippen LogP contribution is 2.30. The Labute approximate surface area is 148 Å². The van der Waals surface area contributed by atoms with E-state index >= 15 is 0 Å². The van der Waals surface area contributed by atoms with E-state index in [4.69, 9.17) is 0 Å². The van der Waals surface area contributed by atoms with Gasteiger partial charge in [-0.25, -0.2) is 9.97 Å². The lowest BCUT2D eigenvalue weighted by atomic mass is 10.2. The van der Waals surface area contributed by atoms with Gasteiger partial charge < -0.3 is 15.1 Å². The number of hydrogen-bond acceptors (Lipinski definition) is 5. The molecular formula is C17H18F3N5O. The van der Waals surface area contributed by atoms with Crippen LogP contribution in [-0.2, 0) is 11.0 Å². The topological polar surface area (TPSA) is 61.4 Å². The van der Waals surface area contributed by atoms with E-state index in [2.05, 4.69) is 15.3 Å². The summed E-state index contributed by atoms with van der Waals surface area (Å²) in [5.41, 5.74) is -0.191. The second kappa shape index (κ2) is 7.19. The maximum atomic E-state index is 12.6. The fourth-order valence-electron chi connectivity index (χ4n) is 2.72. The molecule has 1 aliphatic heterocycles. The number of carbonyl (C=O) groups is 1. The Morgan fingerprint density at radius 2 is 1.73 bits per heavy atom. The zero-order chi connectivity index (χ0) is 18.7. The summed E-state index contributed by atoms with van der Waals surface area (Å²) in [5, 5.41) is 3.01. The first-order valence-electron chi connectivity index (χ1n) is 8.09. The van der Waals surface area contributed by atoms with Crippen molar-refractivity contribution in [3.05, 3.63) is 41.7 Å². The summed E-state index contributed by atoms with van der Waals surface area (Å²) in [6.07, 6.45) is -3.53. The van der Waals surface area contributed by atoms with Crippen molar-refractivity contribution in [3.8, 4) is 0 Å². The number of anilines is 3. The van der Waals surface area contributed by atoms with Gasteiger partial charge >= 0.3 is 6.18 Å². The van der Waals surface area contributed by atoms with Crippen LogP contribution in [0.4, 0.5) is 30.5 Å². The molecule has 1 amide bonds. The van der Waals surface area contributed by atoms with Crippen LogP contribution in [0.5, 0.6) is 0 Å². The van der Waals surface area contributed by atoms with Crippen LogP contribution in [0.2, 0.25) is 0 Å². The first-order valence-corrected chi connectivity index (χ1v) is 8.09. The summed E-state index contributed by atoms with van der Waals surface area (Å²) in [6.45, 7) is 4.31. The molecule has 138 valence electrons. The van der Waals surface area contributed by atoms with Gasteiger partial charge in [-0.15, -0.1) is 0 Å². The van der Waals surface area contributed by atoms with E-state index in [1.54, 1.807) is 17.9 Å². The summed E-state index contributed by atoms with van der Waals surface area (Å²) in [7, 11) is 0. The van der Waals surface area contributed by atoms with E-state index in [1.165, 1.54) is 12.1 Å². The summed E-state index contributed by atoms with van der Waals surface area (Å²) in [5.74, 6) is 1.78. The van der Waals surface area contributed by atoms with Crippen molar-refractivity contribution < 1.29 is 18.0 Å². The number of piperazine rings is 1. The Bertz CT molecular complexity index is 771. The van der Waals surface area contributed by atoms with Gasteiger partial charge in [-0.1, -0.05) is 0 Å². The van der Waals surface area contributed by atoms with Gasteiger partial charge in [-0.3, -0.25) is 4.79 Å². The normalized spacial score (nSPS) is 15.1. The second-order valence-corrected chi connectivity index (χ2v) is 5.99. The molecular weight excluding hydrogens is 347 g/mol. The lowest BCUT2D eigenvalue weighted by Crippen LogP contribution is -2.46. The lowest BCUT2D eigenvalue weighted by molar-refractivity contribution is -0.137. The van der Waals surface area contributed by atoms with Crippen molar-refractivity contribution in [1.29, 1.82) is 0 Å². The molecule has 26 heavy (non-hydrogen) atoms. The number of hydrogen-bond donors (Lipinski definition) is 1. The van der Waals surface area contributed by atoms with Gasteiger partial charge in [0.2, 0.25) is 6.41 Å². The lowest BCUT2D eigenvalue weighted by Gasteiger charge is -2.33. The third-order valence-corrected chi connectivity index (χ3v) is 4.10. The smallest absolute Gasteiger partial charge is 0.353 e. The van der Waals surface area contributed by atoms with E-state index < -0.39 is 11.7 Å². The third kappa shape index (κ3) is 4.22. The maximum absolute atomic E-state index is 12.6. The highest BCUT2D eigenvalue weighted by molar-refractivity contribution is 5.60. The second-order valence-electron chi connectivity index (χ2n) is 5.99. The van der Waals surface area contributed by atoms with E-state index in [-0.39, 0.29) is 0 Å². The highest BCUT2D eigenvalue weighted by atomic mass is 19.4. The van der Waals surface area contributed by atoms with Crippen LogP contribution in [0.15, 0.2) is 30.3 Å². The van der Waals surface area contributed by atoms with Crippen molar-refractivity contribution in [1.82, 2.24) is 14.9 Å². The van der Waals surface area contributed by atoms with Gasteiger partial charge in [0.05, 0.1) is 5.56 Å². The molecule has 0 radical (unpaired) electrons. The SMILES string of the molecule is Cc1nc(Nc2ccc(C(F)(F)F)cc2)cc(N2CCN(C=O)CC2)n1. The number of rotatable bonds is 4. The zero-order valence-corrected chi connectivity index (χ0v) is 14.1. The van der Waals surface area contributed by atoms with Crippen LogP contribution in [0.1, 0.15) is 11.4 Å². The summed E-state index contributed by atoms with van der Waals surface area (Å²) in [6, 6.07) is 6.53. The van der Waals surface area contributed by atoms with E-state index in [1.807, 2.05) is 4.90 Å². The quantitative estimate of drug-likeness (QED) is 0.845. The van der Waals surface area contributed by atoms with Crippen LogP contribution in [0, 0.1) is 6.92 Å². The van der Waals surface area contributed by atoms with Crippen molar-refractivity contribution in [2.75, 3.05) is 36.4 Å². The Hall–Kier alpha value is -2.84. The summed E-state index contributed by atoms with van der Waals surface area (Å²) >= 11 is 0. The molecule has 1 aromatic heterocycles. The average molecular weight is 365 g/mol. The van der Waals surface area contributed by atoms with Gasteiger partial charge in [0.15, 0.2) is 0 Å². The predicted molar refractivity (Wildman–Crippen MR) is 91.3 cm³/mol. The van der Waals surface area contributed by atoms with Crippen molar-refractivity contribution in [2.45, 2.75) is 13.1 Å². The Morgan fingerprint density at radius 3 is 2.31 bits per heavy atom. The first kappa shape index (κ1) is 18.0. The molecule has 0 aliphatic carbocycles. The van der Waals surface area contributed by atoms with Crippen molar-refractivity contribution in [3.63, 3.8) is 0 Å². The van der Waals surface area contributed by atoms with Gasteiger partial charge in [-0.2, -0.15) is 13.2 Å². The number of aryl methyl sites for hydroxylation is 1. The van der Waals surface area contributed by atoms with E-state index in [0.29, 0.717) is 43.5 Å². The molecule has 9 heteroatoms. The van der Waals surface area contributed by atoms with Gasteiger partial charge in [0, 0.05) is 37.9 Å². The number of carbonyl (C=O) groups excluding carboxylic acids is 1. The van der Waals surface area contributed by atoms with Crippen LogP contribution in [-0.4, -0.2) is 47.5 Å². The molecule has 1 aromatic carbocycles. The monoisotopic (exact) mass is 365 g/mol. The number of amides is 1. The number of nitrogens with one attached hydrogen (secondary N) is 1. The molecule has 0 bridgehead atoms. The molecule has 1 saturated heterocycles. The molecule has 6 nitrogen and oxygen atoms in total. The minimum atomic E-state index is -4.36. The van der Waals surface area contributed by atoms with Crippen LogP contribution in [0.25, 0.3) is 0 Å². The minimum Gasteiger partial charge on any atom is -0.353 e. The molecule has 3 rings (SSSR count). The van der Waals surface area contributed by atoms with Crippen LogP contribution in [0.3, 0.4) is 0 Å². The summed E-state index contributed by atoms with van der Waals surface area (Å²) in [4.78, 5) is 23.3. The number of alkyl halides is 3. The van der Waals surface area contributed by atoms with E-state index in [9.17, 15) is 18.0 Å². The third-order valence-electron chi connectivity index (χ3n) is 4.10. The Kier molecular flexibility index (Phi) is 4.97. The van der Waals surface area contributed by atoms with Gasteiger partial charge in [0.25, 0.3) is 0 Å². The van der Waals surface area contributed by atoms with Gasteiger partial charge in [-0.05, 0) is 31.2 Å². The molecule has 1 aliphatic rings. The minimum absolute atomic E-state index is 0.505. The average Bonchev–Trinajstić information content (AvgIpc) is 2.61. The molecule has 1 fully saturated rings. The Balaban J connectivity index is 1.74. The van der Waals surface area contributed by atoms with Crippen LogP contribution >= 0.6 is 0 Å². The number of nitrogens with zero attached hydrogens (tertiary/aromatic N) is 4. The maximum Gasteiger partial charge on any atom is 0.416 e. The molecule has 0 atom stereocenters. The highest BCUT2D eigenvalue weighted by Gasteiger charge is 2.30. The number of benzene rings is 1. The molecule has 1 N–H and O–H groups in total. The van der Waals surface area contributed by atoms with Crippen molar-refractivity contribution in [2.24, 2.45) is 0 Å². The largest absolute Gasteiger partial charge is 0.416 e. The molecule has 2 aromatic rings. The fourth-order valence-corrected chi connectivity index (χ4v) is 2.72. The predicted octanol–water partition coefficient (Wildman–Crippen LogP) is 2.83. The van der Waals surface area contributed by atoms with Crippen molar-refractivity contribution >= 4 is 23.7 Å². The molecule has 0 saturated carbocycles. The van der Waals surface area contributed by atoms with E-state index in [0.717, 1.165) is 24.4 Å². The molecule has 0 spiro atoms. The van der Waals surface area contributed by atoms with Gasteiger partial charge in [0.1, 0.15) is 17.5 Å². The fraction of sp³-hybridized carbons (Fsp3) is 0.353.